The van der Waals surface area contributed by atoms with Gasteiger partial charge in [0.05, 0.1) is 4.90 Å². The molecule has 0 aliphatic carbocycles. The normalized spacial score (nSPS) is 11.8. The van der Waals surface area contributed by atoms with E-state index in [1.807, 2.05) is 18.4 Å². The fraction of sp³-hybridized carbons (Fsp3) is 0.286. The van der Waals surface area contributed by atoms with E-state index < -0.39 is 15.8 Å². The van der Waals surface area contributed by atoms with Crippen molar-refractivity contribution in [3.05, 3.63) is 51.5 Å². The topological polar surface area (TPSA) is 72.2 Å². The molecule has 0 unspecified atom stereocenters. The minimum Gasteiger partial charge on any atom is -0.326 e. The van der Waals surface area contributed by atoms with Gasteiger partial charge in [-0.25, -0.2) is 17.5 Å². The third kappa shape index (κ3) is 3.68. The molecule has 2 rings (SSSR count). The highest BCUT2D eigenvalue weighted by Gasteiger charge is 2.19. The van der Waals surface area contributed by atoms with Crippen molar-refractivity contribution in [3.8, 4) is 0 Å². The lowest BCUT2D eigenvalue weighted by Gasteiger charge is -2.10. The van der Waals surface area contributed by atoms with E-state index >= 15 is 0 Å². The van der Waals surface area contributed by atoms with E-state index in [0.717, 1.165) is 22.9 Å². The van der Waals surface area contributed by atoms with Crippen molar-refractivity contribution in [1.29, 1.82) is 0 Å². The Balaban J connectivity index is 2.25. The van der Waals surface area contributed by atoms with Gasteiger partial charge in [0.25, 0.3) is 0 Å². The molecule has 0 aliphatic heterocycles. The zero-order valence-electron chi connectivity index (χ0n) is 11.6. The molecule has 2 aromatic rings. The van der Waals surface area contributed by atoms with E-state index in [4.69, 9.17) is 5.73 Å². The molecule has 1 heterocycles. The van der Waals surface area contributed by atoms with Crippen LogP contribution in [0.4, 0.5) is 4.39 Å². The first-order valence-electron chi connectivity index (χ1n) is 6.51. The number of nitrogens with two attached hydrogens (primary N) is 1. The Kier molecular flexibility index (Phi) is 5.10. The second-order valence-corrected chi connectivity index (χ2v) is 7.24. The Hall–Kier alpha value is -1.28. The average Bonchev–Trinajstić information content (AvgIpc) is 2.92. The molecular formula is C14H17FN2O2S2. The summed E-state index contributed by atoms with van der Waals surface area (Å²) in [5.41, 5.74) is 7.03. The van der Waals surface area contributed by atoms with Gasteiger partial charge in [-0.3, -0.25) is 0 Å². The van der Waals surface area contributed by atoms with Crippen LogP contribution in [0.3, 0.4) is 0 Å². The summed E-state index contributed by atoms with van der Waals surface area (Å²) in [5.74, 6) is -0.599. The Bertz CT molecular complexity index is 726. The average molecular weight is 328 g/mol. The molecule has 0 amide bonds. The number of hydrogen-bond acceptors (Lipinski definition) is 4. The van der Waals surface area contributed by atoms with Gasteiger partial charge < -0.3 is 5.73 Å². The minimum atomic E-state index is -3.79. The van der Waals surface area contributed by atoms with Crippen molar-refractivity contribution in [2.75, 3.05) is 0 Å². The summed E-state index contributed by atoms with van der Waals surface area (Å²) in [5, 5.41) is 1.93. The third-order valence-electron chi connectivity index (χ3n) is 3.18. The number of hydrogen-bond donors (Lipinski definition) is 2. The first-order valence-corrected chi connectivity index (χ1v) is 8.87. The van der Waals surface area contributed by atoms with Gasteiger partial charge in [0, 0.05) is 18.0 Å². The summed E-state index contributed by atoms with van der Waals surface area (Å²) < 4.78 is 40.5. The van der Waals surface area contributed by atoms with Gasteiger partial charge in [-0.1, -0.05) is 13.0 Å². The van der Waals surface area contributed by atoms with Crippen molar-refractivity contribution in [1.82, 2.24) is 4.72 Å². The first-order chi connectivity index (χ1) is 9.97. The van der Waals surface area contributed by atoms with Gasteiger partial charge in [-0.15, -0.1) is 11.3 Å². The molecule has 0 atom stereocenters. The molecule has 0 spiro atoms. The maximum Gasteiger partial charge on any atom is 0.241 e. The van der Waals surface area contributed by atoms with E-state index in [1.165, 1.54) is 23.5 Å². The molecule has 0 fully saturated rings. The Morgan fingerprint density at radius 2 is 2.05 bits per heavy atom. The van der Waals surface area contributed by atoms with Crippen molar-refractivity contribution >= 4 is 21.4 Å². The molecule has 1 aromatic heterocycles. The van der Waals surface area contributed by atoms with Gasteiger partial charge in [0.1, 0.15) is 5.82 Å². The van der Waals surface area contributed by atoms with Crippen molar-refractivity contribution < 1.29 is 12.8 Å². The summed E-state index contributed by atoms with van der Waals surface area (Å²) in [4.78, 5) is 0.867. The molecule has 114 valence electrons. The number of halogens is 1. The van der Waals surface area contributed by atoms with Crippen molar-refractivity contribution in [3.63, 3.8) is 0 Å². The van der Waals surface area contributed by atoms with Crippen LogP contribution in [0.1, 0.15) is 22.9 Å². The summed E-state index contributed by atoms with van der Waals surface area (Å²) in [7, 11) is -3.79. The van der Waals surface area contributed by atoms with Gasteiger partial charge in [-0.05, 0) is 41.1 Å². The standard InChI is InChI=1S/C14H17FN2O2S2/c1-2-10-5-6-20-13(10)9-17-21(18,19)14-7-12(15)4-3-11(14)8-16/h3-7,17H,2,8-9,16H2,1H3. The van der Waals surface area contributed by atoms with Crippen molar-refractivity contribution in [2.45, 2.75) is 31.3 Å². The molecule has 0 saturated heterocycles. The van der Waals surface area contributed by atoms with Gasteiger partial charge in [-0.2, -0.15) is 0 Å². The quantitative estimate of drug-likeness (QED) is 0.855. The summed E-state index contributed by atoms with van der Waals surface area (Å²) >= 11 is 1.50. The fourth-order valence-corrected chi connectivity index (χ4v) is 4.28. The van der Waals surface area contributed by atoms with Gasteiger partial charge >= 0.3 is 0 Å². The van der Waals surface area contributed by atoms with E-state index in [-0.39, 0.29) is 18.0 Å². The van der Waals surface area contributed by atoms with Crippen LogP contribution in [0, 0.1) is 5.82 Å². The second kappa shape index (κ2) is 6.65. The van der Waals surface area contributed by atoms with Crippen LogP contribution in [0.15, 0.2) is 34.5 Å². The number of benzene rings is 1. The summed E-state index contributed by atoms with van der Waals surface area (Å²) in [6.07, 6.45) is 0.842. The van der Waals surface area contributed by atoms with E-state index in [1.54, 1.807) is 0 Å². The number of aryl methyl sites for hydroxylation is 1. The first kappa shape index (κ1) is 16.1. The maximum atomic E-state index is 13.3. The number of nitrogens with one attached hydrogen (secondary N) is 1. The van der Waals surface area contributed by atoms with Gasteiger partial charge in [0.15, 0.2) is 0 Å². The highest BCUT2D eigenvalue weighted by atomic mass is 32.2. The maximum absolute atomic E-state index is 13.3. The fourth-order valence-electron chi connectivity index (χ4n) is 2.02. The molecule has 7 heteroatoms. The second-order valence-electron chi connectivity index (χ2n) is 4.50. The van der Waals surface area contributed by atoms with E-state index in [2.05, 4.69) is 4.72 Å². The van der Waals surface area contributed by atoms with Crippen LogP contribution in [0.2, 0.25) is 0 Å². The van der Waals surface area contributed by atoms with Crippen LogP contribution in [0.5, 0.6) is 0 Å². The predicted octanol–water partition coefficient (Wildman–Crippen LogP) is 2.39. The Morgan fingerprint density at radius 3 is 2.71 bits per heavy atom. The summed E-state index contributed by atoms with van der Waals surface area (Å²) in [6.45, 7) is 2.25. The predicted molar refractivity (Wildman–Crippen MR) is 82.0 cm³/mol. The minimum absolute atomic E-state index is 0.0374. The van der Waals surface area contributed by atoms with Crippen LogP contribution >= 0.6 is 11.3 Å². The molecule has 4 nitrogen and oxygen atoms in total. The Morgan fingerprint density at radius 1 is 1.29 bits per heavy atom. The van der Waals surface area contributed by atoms with E-state index in [9.17, 15) is 12.8 Å². The SMILES string of the molecule is CCc1ccsc1CNS(=O)(=O)c1cc(F)ccc1CN. The molecule has 0 aliphatic rings. The zero-order valence-corrected chi connectivity index (χ0v) is 13.2. The highest BCUT2D eigenvalue weighted by molar-refractivity contribution is 7.89. The monoisotopic (exact) mass is 328 g/mol. The zero-order chi connectivity index (χ0) is 15.5. The third-order valence-corrected chi connectivity index (χ3v) is 5.63. The number of thiophene rings is 1. The molecule has 21 heavy (non-hydrogen) atoms. The lowest BCUT2D eigenvalue weighted by molar-refractivity contribution is 0.576. The van der Waals surface area contributed by atoms with Crippen LogP contribution in [-0.4, -0.2) is 8.42 Å². The molecule has 0 radical (unpaired) electrons. The lowest BCUT2D eigenvalue weighted by atomic mass is 10.2. The molecule has 3 N–H and O–H groups in total. The Labute approximate surface area is 127 Å². The number of rotatable bonds is 6. The largest absolute Gasteiger partial charge is 0.326 e. The molecule has 0 bridgehead atoms. The lowest BCUT2D eigenvalue weighted by Crippen LogP contribution is -2.25. The van der Waals surface area contributed by atoms with Crippen molar-refractivity contribution in [2.24, 2.45) is 5.73 Å². The van der Waals surface area contributed by atoms with Gasteiger partial charge in [0.2, 0.25) is 10.0 Å². The van der Waals surface area contributed by atoms with Crippen LogP contribution < -0.4 is 10.5 Å². The number of sulfonamides is 1. The van der Waals surface area contributed by atoms with E-state index in [0.29, 0.717) is 5.56 Å². The molecule has 0 saturated carbocycles. The highest BCUT2D eigenvalue weighted by Crippen LogP contribution is 2.20. The molecular weight excluding hydrogens is 311 g/mol. The van der Waals surface area contributed by atoms with Crippen LogP contribution in [-0.2, 0) is 29.5 Å². The summed E-state index contributed by atoms with van der Waals surface area (Å²) in [6, 6.07) is 5.57. The van der Waals surface area contributed by atoms with Crippen LogP contribution in [0.25, 0.3) is 0 Å². The molecule has 1 aromatic carbocycles. The smallest absolute Gasteiger partial charge is 0.241 e.